The van der Waals surface area contributed by atoms with Crippen molar-refractivity contribution in [1.29, 1.82) is 0 Å². The summed E-state index contributed by atoms with van der Waals surface area (Å²) >= 11 is 0. The highest BCUT2D eigenvalue weighted by Crippen LogP contribution is 2.14. The molecule has 2 aromatic rings. The molecule has 12 nitrogen and oxygen atoms in total. The van der Waals surface area contributed by atoms with Crippen LogP contribution in [-0.2, 0) is 46.7 Å². The fourth-order valence-electron chi connectivity index (χ4n) is 5.74. The second kappa shape index (κ2) is 23.6. The predicted molar refractivity (Wildman–Crippen MR) is 195 cm³/mol. The van der Waals surface area contributed by atoms with Gasteiger partial charge in [-0.3, -0.25) is 19.7 Å². The van der Waals surface area contributed by atoms with Gasteiger partial charge in [-0.05, 0) is 43.2 Å². The smallest absolute Gasteiger partial charge is 0.328 e. The molecule has 1 aliphatic rings. The number of unbranched alkanes of at least 4 members (excludes halogenated alkanes) is 8. The Morgan fingerprint density at radius 1 is 0.706 bits per heavy atom. The second-order valence-electron chi connectivity index (χ2n) is 13.0. The minimum atomic E-state index is -1.04. The van der Waals surface area contributed by atoms with Crippen molar-refractivity contribution in [2.75, 3.05) is 0 Å². The Morgan fingerprint density at radius 2 is 1.20 bits per heavy atom. The van der Waals surface area contributed by atoms with Crippen LogP contribution in [-0.4, -0.2) is 53.7 Å². The van der Waals surface area contributed by atoms with E-state index in [1.54, 1.807) is 0 Å². The lowest BCUT2D eigenvalue weighted by Crippen LogP contribution is -2.45. The molecule has 1 aliphatic heterocycles. The third kappa shape index (κ3) is 16.7. The number of nitrogens with two attached hydrogens (primary N) is 1. The highest BCUT2D eigenvalue weighted by Gasteiger charge is 2.28. The fourth-order valence-corrected chi connectivity index (χ4v) is 5.74. The van der Waals surface area contributed by atoms with Gasteiger partial charge in [0.2, 0.25) is 11.8 Å². The van der Waals surface area contributed by atoms with Crippen LogP contribution < -0.4 is 21.7 Å². The van der Waals surface area contributed by atoms with E-state index >= 15 is 0 Å². The normalized spacial score (nSPS) is 14.9. The number of nitrogens with zero attached hydrogens (tertiary/aromatic N) is 1. The van der Waals surface area contributed by atoms with Crippen LogP contribution in [0.15, 0.2) is 65.7 Å². The minimum absolute atomic E-state index is 0.0228. The van der Waals surface area contributed by atoms with E-state index in [0.29, 0.717) is 19.3 Å². The predicted octanol–water partition coefficient (Wildman–Crippen LogP) is 5.13. The molecule has 3 rings (SSSR count). The summed E-state index contributed by atoms with van der Waals surface area (Å²) in [6.07, 6.45) is 11.0. The molecule has 3 atom stereocenters. The maximum atomic E-state index is 13.2. The molecule has 278 valence electrons. The number of hydrogen-bond donors (Lipinski definition) is 4. The largest absolute Gasteiger partial charge is 0.459 e. The van der Waals surface area contributed by atoms with Crippen LogP contribution in [0.5, 0.6) is 0 Å². The van der Waals surface area contributed by atoms with Crippen molar-refractivity contribution in [3.63, 3.8) is 0 Å². The maximum absolute atomic E-state index is 13.2. The van der Waals surface area contributed by atoms with E-state index in [4.69, 9.17) is 15.2 Å². The van der Waals surface area contributed by atoms with Crippen molar-refractivity contribution in [3.05, 3.63) is 71.8 Å². The van der Waals surface area contributed by atoms with Crippen molar-refractivity contribution in [1.82, 2.24) is 16.0 Å². The Balaban J connectivity index is 1.55. The molecule has 12 heteroatoms. The first-order valence-corrected chi connectivity index (χ1v) is 18.4. The number of esters is 2. The first-order valence-electron chi connectivity index (χ1n) is 18.4. The number of guanidine groups is 1. The number of ether oxygens (including phenoxy) is 2. The van der Waals surface area contributed by atoms with E-state index in [9.17, 15) is 24.0 Å². The third-order valence-corrected chi connectivity index (χ3v) is 8.67. The van der Waals surface area contributed by atoms with Gasteiger partial charge in [-0.25, -0.2) is 14.6 Å². The van der Waals surface area contributed by atoms with Gasteiger partial charge >= 0.3 is 11.9 Å². The number of amides is 3. The lowest BCUT2D eigenvalue weighted by atomic mass is 10.0. The average molecular weight is 706 g/mol. The minimum Gasteiger partial charge on any atom is -0.459 e. The van der Waals surface area contributed by atoms with Gasteiger partial charge in [0.1, 0.15) is 31.3 Å². The third-order valence-electron chi connectivity index (χ3n) is 8.67. The van der Waals surface area contributed by atoms with Crippen LogP contribution in [0.4, 0.5) is 0 Å². The molecule has 0 aromatic heterocycles. The molecule has 3 amide bonds. The average Bonchev–Trinajstić information content (AvgIpc) is 3.46. The molecule has 2 aromatic carbocycles. The van der Waals surface area contributed by atoms with Gasteiger partial charge in [0.05, 0.1) is 0 Å². The van der Waals surface area contributed by atoms with Crippen molar-refractivity contribution < 1.29 is 33.4 Å². The molecule has 0 saturated heterocycles. The molecule has 1 heterocycles. The van der Waals surface area contributed by atoms with Gasteiger partial charge in [0.15, 0.2) is 5.96 Å². The number of aliphatic imine (C=N–C) groups is 1. The van der Waals surface area contributed by atoms with Crippen molar-refractivity contribution in [2.24, 2.45) is 10.7 Å². The molecule has 5 N–H and O–H groups in total. The van der Waals surface area contributed by atoms with Crippen LogP contribution >= 0.6 is 0 Å². The lowest BCUT2D eigenvalue weighted by molar-refractivity contribution is -0.150. The molecular weight excluding hydrogens is 650 g/mol. The maximum Gasteiger partial charge on any atom is 0.328 e. The zero-order chi connectivity index (χ0) is 36.7. The van der Waals surface area contributed by atoms with Gasteiger partial charge in [0.25, 0.3) is 5.91 Å². The standard InChI is InChI=1S/C39H55N5O7/c1-2-3-4-5-6-7-8-9-16-24-34(45)42-33(38(49)51-28-30-20-14-11-15-21-30)25-26-35(46)41-32(23-17-22-31-36(47)44-39(40)43-31)37(48)50-27-29-18-12-10-13-19-29/h10-15,18-21,31-33H,2-9,16-17,22-28H2,1H3,(H,41,46)(H,42,45)(H3,40,43,44,47)/t31?,32?,33-/m1/s1. The zero-order valence-corrected chi connectivity index (χ0v) is 29.9. The topological polar surface area (TPSA) is 178 Å². The molecule has 0 saturated carbocycles. The monoisotopic (exact) mass is 705 g/mol. The number of hydrogen-bond acceptors (Lipinski definition) is 9. The van der Waals surface area contributed by atoms with Crippen molar-refractivity contribution >= 4 is 35.6 Å². The van der Waals surface area contributed by atoms with E-state index in [0.717, 1.165) is 30.4 Å². The van der Waals surface area contributed by atoms with Gasteiger partial charge in [0, 0.05) is 12.8 Å². The molecule has 2 unspecified atom stereocenters. The zero-order valence-electron chi connectivity index (χ0n) is 29.9. The van der Waals surface area contributed by atoms with E-state index in [1.807, 2.05) is 60.7 Å². The van der Waals surface area contributed by atoms with Crippen LogP contribution in [0.3, 0.4) is 0 Å². The summed E-state index contributed by atoms with van der Waals surface area (Å²) in [5.74, 6) is -2.30. The van der Waals surface area contributed by atoms with Crippen molar-refractivity contribution in [2.45, 2.75) is 135 Å². The first-order chi connectivity index (χ1) is 24.7. The van der Waals surface area contributed by atoms with Crippen LogP contribution in [0, 0.1) is 0 Å². The first kappa shape index (κ1) is 40.7. The lowest BCUT2D eigenvalue weighted by Gasteiger charge is -2.20. The Morgan fingerprint density at radius 3 is 1.71 bits per heavy atom. The van der Waals surface area contributed by atoms with Gasteiger partial charge in [-0.15, -0.1) is 0 Å². The molecule has 0 aliphatic carbocycles. The molecular formula is C39H55N5O7. The molecule has 51 heavy (non-hydrogen) atoms. The number of nitrogens with one attached hydrogen (secondary N) is 3. The van der Waals surface area contributed by atoms with Gasteiger partial charge in [-0.1, -0.05) is 119 Å². The summed E-state index contributed by atoms with van der Waals surface area (Å²) in [7, 11) is 0. The Bertz CT molecular complexity index is 1400. The SMILES string of the molecule is CCCCCCCCCCCC(=O)N[C@H](CCC(=O)NC(CCCC1N=C(N)NC1=O)C(=O)OCc1ccccc1)C(=O)OCc1ccccc1. The fraction of sp³-hybridized carbons (Fsp3) is 0.538. The quantitative estimate of drug-likeness (QED) is 0.0812. The molecule has 0 fully saturated rings. The van der Waals surface area contributed by atoms with E-state index < -0.39 is 36.0 Å². The highest BCUT2D eigenvalue weighted by atomic mass is 16.5. The number of carbonyl (C=O) groups is 5. The Kier molecular flexibility index (Phi) is 18.8. The van der Waals surface area contributed by atoms with E-state index in [2.05, 4.69) is 27.9 Å². The Labute approximate surface area is 301 Å². The van der Waals surface area contributed by atoms with E-state index in [1.165, 1.54) is 32.1 Å². The molecule has 0 bridgehead atoms. The van der Waals surface area contributed by atoms with Gasteiger partial charge in [-0.2, -0.15) is 0 Å². The van der Waals surface area contributed by atoms with Gasteiger partial charge < -0.3 is 25.8 Å². The summed E-state index contributed by atoms with van der Waals surface area (Å²) in [6.45, 7) is 2.26. The summed E-state index contributed by atoms with van der Waals surface area (Å²) in [5.41, 5.74) is 7.19. The summed E-state index contributed by atoms with van der Waals surface area (Å²) in [5, 5.41) is 7.96. The number of carbonyl (C=O) groups excluding carboxylic acids is 5. The summed E-state index contributed by atoms with van der Waals surface area (Å²) < 4.78 is 11.0. The molecule has 0 spiro atoms. The van der Waals surface area contributed by atoms with Crippen LogP contribution in [0.2, 0.25) is 0 Å². The number of rotatable bonds is 25. The summed E-state index contributed by atoms with van der Waals surface area (Å²) in [6, 6.07) is 15.6. The van der Waals surface area contributed by atoms with Crippen LogP contribution in [0.25, 0.3) is 0 Å². The van der Waals surface area contributed by atoms with Crippen LogP contribution in [0.1, 0.15) is 114 Å². The Hall–Kier alpha value is -4.74. The number of benzene rings is 2. The second-order valence-corrected chi connectivity index (χ2v) is 13.0. The molecule has 0 radical (unpaired) electrons. The van der Waals surface area contributed by atoms with Crippen molar-refractivity contribution in [3.8, 4) is 0 Å². The summed E-state index contributed by atoms with van der Waals surface area (Å²) in [4.78, 5) is 68.5. The van der Waals surface area contributed by atoms with E-state index in [-0.39, 0.29) is 56.7 Å². The highest BCUT2D eigenvalue weighted by molar-refractivity contribution is 6.04.